The highest BCUT2D eigenvalue weighted by Gasteiger charge is 2.36. The van der Waals surface area contributed by atoms with Gasteiger partial charge in [-0.15, -0.1) is 11.3 Å². The molecule has 1 unspecified atom stereocenters. The highest BCUT2D eigenvalue weighted by Crippen LogP contribution is 2.36. The van der Waals surface area contributed by atoms with Crippen LogP contribution in [0, 0.1) is 24.1 Å². The lowest BCUT2D eigenvalue weighted by Crippen LogP contribution is -2.52. The van der Waals surface area contributed by atoms with Crippen LogP contribution < -0.4 is 16.0 Å². The number of aliphatic carboxylic acids is 1. The molecule has 0 bridgehead atoms. The van der Waals surface area contributed by atoms with E-state index in [-0.39, 0.29) is 33.5 Å². The van der Waals surface area contributed by atoms with Crippen molar-refractivity contribution in [1.29, 1.82) is 5.26 Å². The molecule has 1 aliphatic carbocycles. The lowest BCUT2D eigenvalue weighted by molar-refractivity contribution is -0.146. The summed E-state index contributed by atoms with van der Waals surface area (Å²) >= 11 is 0.983. The number of carboxylic acid groups (broad SMARTS) is 1. The third-order valence-electron chi connectivity index (χ3n) is 7.20. The molecule has 9 nitrogen and oxygen atoms in total. The number of carbonyl (C=O) groups is 1. The fraction of sp³-hybridized carbons (Fsp3) is 0.481. The van der Waals surface area contributed by atoms with E-state index in [4.69, 9.17) is 9.47 Å². The van der Waals surface area contributed by atoms with E-state index >= 15 is 0 Å². The van der Waals surface area contributed by atoms with E-state index in [1.165, 1.54) is 37.7 Å². The van der Waals surface area contributed by atoms with Gasteiger partial charge in [0.05, 0.1) is 25.1 Å². The molecule has 1 aliphatic rings. The molecule has 1 atom stereocenters. The number of methoxy groups -OCH3 is 1. The second-order valence-corrected chi connectivity index (χ2v) is 11.0. The molecule has 202 valence electrons. The molecule has 0 amide bonds. The van der Waals surface area contributed by atoms with E-state index in [1.807, 2.05) is 0 Å². The maximum Gasteiger partial charge on any atom is 0.333 e. The molecule has 0 saturated heterocycles. The number of aromatic nitrogens is 2. The maximum atomic E-state index is 14.7. The van der Waals surface area contributed by atoms with Crippen LogP contribution in [0.2, 0.25) is 0 Å². The summed E-state index contributed by atoms with van der Waals surface area (Å²) in [6.45, 7) is 3.99. The molecule has 1 aromatic carbocycles. The Morgan fingerprint density at radius 1 is 1.29 bits per heavy atom. The first kappa shape index (κ1) is 27.5. The molecule has 1 saturated carbocycles. The predicted octanol–water partition coefficient (Wildman–Crippen LogP) is 4.46. The lowest BCUT2D eigenvalue weighted by Gasteiger charge is -2.30. The third kappa shape index (κ3) is 4.74. The minimum Gasteiger partial charge on any atom is -0.493 e. The van der Waals surface area contributed by atoms with Crippen molar-refractivity contribution in [1.82, 2.24) is 9.13 Å². The number of para-hydroxylation sites is 1. The standard InChI is InChI=1S/C27H30FN3O6S/c1-15-20(13-29)38-24-21(15)23(32)31(27(2,3)25(33)34)26(35)30(24)14-19(37-16-9-6-5-7-10-16)17-11-8-12-18(28)22(17)36-4/h8,11-12,16,19H,5-7,9-10,14H2,1-4H3,(H,33,34). The molecule has 38 heavy (non-hydrogen) atoms. The first-order valence-electron chi connectivity index (χ1n) is 12.4. The normalized spacial score (nSPS) is 15.4. The summed E-state index contributed by atoms with van der Waals surface area (Å²) in [6, 6.07) is 6.51. The Kier molecular flexibility index (Phi) is 7.76. The summed E-state index contributed by atoms with van der Waals surface area (Å²) in [5.41, 5.74) is -2.75. The van der Waals surface area contributed by atoms with Gasteiger partial charge in [-0.3, -0.25) is 9.36 Å². The van der Waals surface area contributed by atoms with Gasteiger partial charge >= 0.3 is 11.7 Å². The van der Waals surface area contributed by atoms with Gasteiger partial charge in [0.2, 0.25) is 0 Å². The van der Waals surface area contributed by atoms with Crippen LogP contribution >= 0.6 is 11.3 Å². The van der Waals surface area contributed by atoms with Crippen molar-refractivity contribution in [3.63, 3.8) is 0 Å². The Balaban J connectivity index is 1.99. The fourth-order valence-electron chi connectivity index (χ4n) is 5.01. The third-order valence-corrected chi connectivity index (χ3v) is 8.42. The Labute approximate surface area is 222 Å². The number of hydrogen-bond acceptors (Lipinski definition) is 7. The molecule has 2 heterocycles. The van der Waals surface area contributed by atoms with Gasteiger partial charge in [-0.1, -0.05) is 31.4 Å². The Morgan fingerprint density at radius 2 is 1.97 bits per heavy atom. The van der Waals surface area contributed by atoms with Crippen molar-refractivity contribution in [2.45, 2.75) is 77.2 Å². The molecule has 0 radical (unpaired) electrons. The Hall–Kier alpha value is -3.49. The zero-order valence-electron chi connectivity index (χ0n) is 21.7. The van der Waals surface area contributed by atoms with Crippen LogP contribution in [0.25, 0.3) is 10.2 Å². The summed E-state index contributed by atoms with van der Waals surface area (Å²) < 4.78 is 28.5. The zero-order valence-corrected chi connectivity index (χ0v) is 22.6. The van der Waals surface area contributed by atoms with Crippen molar-refractivity contribution in [2.24, 2.45) is 0 Å². The largest absolute Gasteiger partial charge is 0.493 e. The number of nitrogens with zero attached hydrogens (tertiary/aromatic N) is 3. The van der Waals surface area contributed by atoms with Crippen LogP contribution in [-0.4, -0.2) is 33.4 Å². The molecule has 0 spiro atoms. The number of fused-ring (bicyclic) bond motifs is 1. The van der Waals surface area contributed by atoms with Gasteiger partial charge in [0.1, 0.15) is 27.4 Å². The van der Waals surface area contributed by atoms with E-state index in [0.29, 0.717) is 15.7 Å². The van der Waals surface area contributed by atoms with Gasteiger partial charge in [-0.25, -0.2) is 18.5 Å². The van der Waals surface area contributed by atoms with Crippen molar-refractivity contribution < 1.29 is 23.8 Å². The zero-order chi connectivity index (χ0) is 27.8. The molecule has 1 fully saturated rings. The van der Waals surface area contributed by atoms with Gasteiger partial charge in [-0.05, 0) is 45.2 Å². The van der Waals surface area contributed by atoms with Gasteiger partial charge in [0, 0.05) is 5.56 Å². The van der Waals surface area contributed by atoms with Crippen molar-refractivity contribution in [3.05, 3.63) is 60.9 Å². The van der Waals surface area contributed by atoms with Crippen LogP contribution in [0.15, 0.2) is 27.8 Å². The van der Waals surface area contributed by atoms with Gasteiger partial charge in [0.15, 0.2) is 11.6 Å². The smallest absolute Gasteiger partial charge is 0.333 e. The summed E-state index contributed by atoms with van der Waals surface area (Å²) in [5, 5.41) is 19.6. The Bertz CT molecular complexity index is 1540. The summed E-state index contributed by atoms with van der Waals surface area (Å²) in [4.78, 5) is 40.0. The topological polar surface area (TPSA) is 124 Å². The van der Waals surface area contributed by atoms with Crippen LogP contribution in [0.1, 0.15) is 68.1 Å². The second kappa shape index (κ2) is 10.7. The van der Waals surface area contributed by atoms with Gasteiger partial charge in [-0.2, -0.15) is 5.26 Å². The van der Waals surface area contributed by atoms with Gasteiger partial charge in [0.25, 0.3) is 5.56 Å². The fourth-order valence-corrected chi connectivity index (χ4v) is 6.11. The number of halogens is 1. The van der Waals surface area contributed by atoms with Crippen LogP contribution in [-0.2, 0) is 21.6 Å². The van der Waals surface area contributed by atoms with E-state index in [9.17, 15) is 29.1 Å². The number of carboxylic acids is 1. The van der Waals surface area contributed by atoms with Crippen LogP contribution in [0.4, 0.5) is 4.39 Å². The predicted molar refractivity (Wildman–Crippen MR) is 140 cm³/mol. The van der Waals surface area contributed by atoms with E-state index in [0.717, 1.165) is 43.4 Å². The molecule has 1 N–H and O–H groups in total. The number of thiophene rings is 1. The van der Waals surface area contributed by atoms with E-state index < -0.39 is 34.7 Å². The van der Waals surface area contributed by atoms with Gasteiger partial charge < -0.3 is 14.6 Å². The molecular weight excluding hydrogens is 513 g/mol. The Morgan fingerprint density at radius 3 is 2.58 bits per heavy atom. The second-order valence-electron chi connectivity index (χ2n) is 9.99. The number of rotatable bonds is 8. The van der Waals surface area contributed by atoms with E-state index in [2.05, 4.69) is 6.07 Å². The van der Waals surface area contributed by atoms with Crippen LogP contribution in [0.5, 0.6) is 5.75 Å². The molecule has 3 aromatic rings. The molecule has 4 rings (SSSR count). The monoisotopic (exact) mass is 543 g/mol. The van der Waals surface area contributed by atoms with Crippen molar-refractivity contribution in [2.75, 3.05) is 7.11 Å². The average Bonchev–Trinajstić information content (AvgIpc) is 3.22. The van der Waals surface area contributed by atoms with Crippen molar-refractivity contribution in [3.8, 4) is 11.8 Å². The average molecular weight is 544 g/mol. The number of aryl methyl sites for hydroxylation is 1. The number of hydrogen-bond donors (Lipinski definition) is 1. The molecule has 11 heteroatoms. The highest BCUT2D eigenvalue weighted by molar-refractivity contribution is 7.19. The SMILES string of the molecule is COc1c(F)cccc1C(Cn1c(=O)n(C(C)(C)C(=O)O)c(=O)c2c(C)c(C#N)sc21)OC1CCCCC1. The highest BCUT2D eigenvalue weighted by atomic mass is 32.1. The number of nitriles is 1. The first-order chi connectivity index (χ1) is 18.0. The first-order valence-corrected chi connectivity index (χ1v) is 13.2. The quantitative estimate of drug-likeness (QED) is 0.445. The molecular formula is C27H30FN3O6S. The maximum absolute atomic E-state index is 14.7. The number of ether oxygens (including phenoxy) is 2. The summed E-state index contributed by atoms with van der Waals surface area (Å²) in [6.07, 6.45) is 3.69. The van der Waals surface area contributed by atoms with Crippen molar-refractivity contribution >= 4 is 27.5 Å². The number of benzene rings is 1. The molecule has 2 aromatic heterocycles. The summed E-state index contributed by atoms with van der Waals surface area (Å²) in [5.74, 6) is -1.97. The van der Waals surface area contributed by atoms with Crippen LogP contribution in [0.3, 0.4) is 0 Å². The van der Waals surface area contributed by atoms with E-state index in [1.54, 1.807) is 13.0 Å². The minimum atomic E-state index is -1.87. The molecule has 0 aliphatic heterocycles. The minimum absolute atomic E-state index is 0.0168. The summed E-state index contributed by atoms with van der Waals surface area (Å²) in [7, 11) is 1.35. The lowest BCUT2D eigenvalue weighted by atomic mass is 9.97.